The van der Waals surface area contributed by atoms with Gasteiger partial charge in [-0.3, -0.25) is 9.69 Å². The van der Waals surface area contributed by atoms with Gasteiger partial charge in [0, 0.05) is 46.3 Å². The zero-order valence-electron chi connectivity index (χ0n) is 10.6. The summed E-state index contributed by atoms with van der Waals surface area (Å²) in [5.74, 6) is 0.218. The highest BCUT2D eigenvalue weighted by Gasteiger charge is 2.19. The molecule has 1 aliphatic heterocycles. The second-order valence-corrected chi connectivity index (χ2v) is 5.46. The molecule has 0 aromatic rings. The minimum atomic E-state index is 0.218. The summed E-state index contributed by atoms with van der Waals surface area (Å²) in [4.78, 5) is 16.1. The Morgan fingerprint density at radius 1 is 1.35 bits per heavy atom. The monoisotopic (exact) mass is 304 g/mol. The maximum absolute atomic E-state index is 11.8. The molecule has 1 amide bonds. The van der Waals surface area contributed by atoms with Crippen molar-refractivity contribution >= 4 is 21.8 Å². The van der Waals surface area contributed by atoms with E-state index in [1.165, 1.54) is 0 Å². The Balaban J connectivity index is 2.26. The Hall–Kier alpha value is -0.390. The predicted molar refractivity (Wildman–Crippen MR) is 72.2 cm³/mol. The standard InChI is InChI=1S/C12H21BrN2O2/c1-11(13)3-4-12(16)15-7-5-14(6-8-15)9-10-17-2/h3H,4-10H2,1-2H3/b11-3+. The van der Waals surface area contributed by atoms with Crippen LogP contribution >= 0.6 is 15.9 Å². The molecular weight excluding hydrogens is 284 g/mol. The van der Waals surface area contributed by atoms with E-state index in [0.717, 1.165) is 43.8 Å². The number of nitrogens with zero attached hydrogens (tertiary/aromatic N) is 2. The highest BCUT2D eigenvalue weighted by Crippen LogP contribution is 2.07. The van der Waals surface area contributed by atoms with Crippen molar-refractivity contribution in [2.24, 2.45) is 0 Å². The third-order valence-corrected chi connectivity index (χ3v) is 3.22. The molecule has 0 spiro atoms. The molecule has 1 aliphatic rings. The molecule has 1 rings (SSSR count). The Morgan fingerprint density at radius 2 is 2.00 bits per heavy atom. The van der Waals surface area contributed by atoms with Crippen LogP contribution in [0.4, 0.5) is 0 Å². The van der Waals surface area contributed by atoms with Crippen molar-refractivity contribution in [2.75, 3.05) is 46.4 Å². The van der Waals surface area contributed by atoms with Crippen molar-refractivity contribution in [3.8, 4) is 0 Å². The number of amides is 1. The van der Waals surface area contributed by atoms with Crippen LogP contribution in [0, 0.1) is 0 Å². The van der Waals surface area contributed by atoms with Crippen LogP contribution in [-0.4, -0.2) is 62.1 Å². The molecule has 0 bridgehead atoms. The van der Waals surface area contributed by atoms with Crippen molar-refractivity contribution in [3.63, 3.8) is 0 Å². The van der Waals surface area contributed by atoms with Gasteiger partial charge in [-0.15, -0.1) is 0 Å². The largest absolute Gasteiger partial charge is 0.383 e. The van der Waals surface area contributed by atoms with Gasteiger partial charge in [0.2, 0.25) is 5.91 Å². The Labute approximate surface area is 112 Å². The summed E-state index contributed by atoms with van der Waals surface area (Å²) in [6.07, 6.45) is 2.41. The van der Waals surface area contributed by atoms with Crippen LogP contribution in [0.2, 0.25) is 0 Å². The number of ether oxygens (including phenoxy) is 1. The fraction of sp³-hybridized carbons (Fsp3) is 0.750. The summed E-state index contributed by atoms with van der Waals surface area (Å²) in [5, 5.41) is 0. The third-order valence-electron chi connectivity index (χ3n) is 2.89. The SMILES string of the molecule is COCCN1CCN(C(=O)C/C=C(\C)Br)CC1. The average molecular weight is 305 g/mol. The maximum Gasteiger partial charge on any atom is 0.226 e. The van der Waals surface area contributed by atoms with Crippen molar-refractivity contribution in [1.29, 1.82) is 0 Å². The number of carbonyl (C=O) groups excluding carboxylic acids is 1. The first-order valence-corrected chi connectivity index (χ1v) is 6.74. The highest BCUT2D eigenvalue weighted by molar-refractivity contribution is 9.11. The first kappa shape index (κ1) is 14.7. The zero-order chi connectivity index (χ0) is 12.7. The van der Waals surface area contributed by atoms with E-state index in [2.05, 4.69) is 20.8 Å². The molecule has 0 aromatic carbocycles. The molecular formula is C12H21BrN2O2. The zero-order valence-corrected chi connectivity index (χ0v) is 12.2. The van der Waals surface area contributed by atoms with E-state index in [1.807, 2.05) is 17.9 Å². The number of halogens is 1. The molecule has 0 radical (unpaired) electrons. The van der Waals surface area contributed by atoms with E-state index in [1.54, 1.807) is 7.11 Å². The maximum atomic E-state index is 11.8. The summed E-state index contributed by atoms with van der Waals surface area (Å²) < 4.78 is 6.07. The number of hydrogen-bond donors (Lipinski definition) is 0. The van der Waals surface area contributed by atoms with Gasteiger partial charge in [0.05, 0.1) is 6.61 Å². The van der Waals surface area contributed by atoms with Crippen molar-refractivity contribution in [3.05, 3.63) is 10.6 Å². The normalized spacial score (nSPS) is 18.5. The summed E-state index contributed by atoms with van der Waals surface area (Å²) in [5.41, 5.74) is 0. The van der Waals surface area contributed by atoms with Crippen LogP contribution in [0.15, 0.2) is 10.6 Å². The third kappa shape index (κ3) is 5.66. The number of rotatable bonds is 5. The van der Waals surface area contributed by atoms with Gasteiger partial charge in [-0.2, -0.15) is 0 Å². The fourth-order valence-electron chi connectivity index (χ4n) is 1.80. The van der Waals surface area contributed by atoms with Crippen LogP contribution < -0.4 is 0 Å². The van der Waals surface area contributed by atoms with Crippen molar-refractivity contribution < 1.29 is 9.53 Å². The lowest BCUT2D eigenvalue weighted by atomic mass is 10.2. The molecule has 0 unspecified atom stereocenters. The van der Waals surface area contributed by atoms with Gasteiger partial charge in [-0.25, -0.2) is 0 Å². The van der Waals surface area contributed by atoms with E-state index >= 15 is 0 Å². The summed E-state index contributed by atoms with van der Waals surface area (Å²) in [7, 11) is 1.72. The van der Waals surface area contributed by atoms with Gasteiger partial charge in [0.25, 0.3) is 0 Å². The summed E-state index contributed by atoms with van der Waals surface area (Å²) >= 11 is 3.33. The molecule has 98 valence electrons. The molecule has 1 saturated heterocycles. The van der Waals surface area contributed by atoms with Crippen LogP contribution in [0.1, 0.15) is 13.3 Å². The fourth-order valence-corrected chi connectivity index (χ4v) is 1.96. The van der Waals surface area contributed by atoms with Crippen LogP contribution in [-0.2, 0) is 9.53 Å². The summed E-state index contributed by atoms with van der Waals surface area (Å²) in [6.45, 7) is 7.22. The van der Waals surface area contributed by atoms with Gasteiger partial charge in [0.15, 0.2) is 0 Å². The number of allylic oxidation sites excluding steroid dienone is 1. The van der Waals surface area contributed by atoms with Gasteiger partial charge < -0.3 is 9.64 Å². The molecule has 0 saturated carbocycles. The summed E-state index contributed by atoms with van der Waals surface area (Å²) in [6, 6.07) is 0. The van der Waals surface area contributed by atoms with Gasteiger partial charge in [-0.1, -0.05) is 22.0 Å². The number of hydrogen-bond acceptors (Lipinski definition) is 3. The molecule has 1 fully saturated rings. The molecule has 0 aromatic heterocycles. The molecule has 0 aliphatic carbocycles. The molecule has 5 heteroatoms. The molecule has 1 heterocycles. The average Bonchev–Trinajstić information content (AvgIpc) is 2.34. The quantitative estimate of drug-likeness (QED) is 0.771. The highest BCUT2D eigenvalue weighted by atomic mass is 79.9. The van der Waals surface area contributed by atoms with E-state index < -0.39 is 0 Å². The first-order chi connectivity index (χ1) is 8.13. The molecule has 0 atom stereocenters. The van der Waals surface area contributed by atoms with Crippen LogP contribution in [0.5, 0.6) is 0 Å². The topological polar surface area (TPSA) is 32.8 Å². The predicted octanol–water partition coefficient (Wildman–Crippen LogP) is 1.47. The molecule has 17 heavy (non-hydrogen) atoms. The number of methoxy groups -OCH3 is 1. The minimum absolute atomic E-state index is 0.218. The van der Waals surface area contributed by atoms with E-state index in [4.69, 9.17) is 4.74 Å². The minimum Gasteiger partial charge on any atom is -0.383 e. The van der Waals surface area contributed by atoms with E-state index in [9.17, 15) is 4.79 Å². The van der Waals surface area contributed by atoms with Gasteiger partial charge in [-0.05, 0) is 11.4 Å². The van der Waals surface area contributed by atoms with Crippen molar-refractivity contribution in [1.82, 2.24) is 9.80 Å². The lowest BCUT2D eigenvalue weighted by molar-refractivity contribution is -0.132. The van der Waals surface area contributed by atoms with Crippen molar-refractivity contribution in [2.45, 2.75) is 13.3 Å². The molecule has 4 nitrogen and oxygen atoms in total. The Kier molecular flexibility index (Phi) is 6.77. The lowest BCUT2D eigenvalue weighted by Crippen LogP contribution is -2.49. The van der Waals surface area contributed by atoms with Crippen LogP contribution in [0.25, 0.3) is 0 Å². The number of carbonyl (C=O) groups is 1. The van der Waals surface area contributed by atoms with Crippen LogP contribution in [0.3, 0.4) is 0 Å². The van der Waals surface area contributed by atoms with Gasteiger partial charge in [0.1, 0.15) is 0 Å². The van der Waals surface area contributed by atoms with E-state index in [-0.39, 0.29) is 5.91 Å². The molecule has 0 N–H and O–H groups in total. The Morgan fingerprint density at radius 3 is 2.53 bits per heavy atom. The smallest absolute Gasteiger partial charge is 0.226 e. The lowest BCUT2D eigenvalue weighted by Gasteiger charge is -2.34. The van der Waals surface area contributed by atoms with E-state index in [0.29, 0.717) is 6.42 Å². The second kappa shape index (κ2) is 7.84. The van der Waals surface area contributed by atoms with Gasteiger partial charge >= 0.3 is 0 Å². The number of piperazine rings is 1. The first-order valence-electron chi connectivity index (χ1n) is 5.95. The Bertz CT molecular complexity index is 270. The second-order valence-electron chi connectivity index (χ2n) is 4.21.